The average molecular weight is 316 g/mol. The smallest absolute Gasteiger partial charge is 0.327 e. The number of nitrogens with zero attached hydrogens (tertiary/aromatic N) is 1. The van der Waals surface area contributed by atoms with Crippen molar-refractivity contribution < 1.29 is 19.5 Å². The molecule has 0 aromatic carbocycles. The number of carboxylic acids is 1. The molecular formula is C14H24N2O4S. The molecule has 0 aliphatic carbocycles. The zero-order valence-electron chi connectivity index (χ0n) is 12.5. The van der Waals surface area contributed by atoms with Crippen molar-refractivity contribution in [2.75, 3.05) is 24.6 Å². The minimum absolute atomic E-state index is 0.0638. The standard InChI is InChI=1S/C14H24N2O4S/c1-11(17)15-12(14(19)20)9-21-10-13(18)16-7-5-3-2-4-6-8-16/h12H,2-10H2,1H3,(H,15,17)(H,19,20)/t12-/m0/s1. The molecule has 120 valence electrons. The van der Waals surface area contributed by atoms with E-state index in [1.807, 2.05) is 4.90 Å². The number of hydrogen-bond acceptors (Lipinski definition) is 4. The summed E-state index contributed by atoms with van der Waals surface area (Å²) in [6.07, 6.45) is 5.66. The molecule has 1 aliphatic rings. The Hall–Kier alpha value is -1.24. The molecule has 7 heteroatoms. The molecule has 1 saturated heterocycles. The van der Waals surface area contributed by atoms with Gasteiger partial charge in [-0.3, -0.25) is 9.59 Å². The second-order valence-corrected chi connectivity index (χ2v) is 6.29. The van der Waals surface area contributed by atoms with Crippen LogP contribution in [0.5, 0.6) is 0 Å². The highest BCUT2D eigenvalue weighted by molar-refractivity contribution is 8.00. The van der Waals surface area contributed by atoms with Crippen molar-refractivity contribution in [1.82, 2.24) is 10.2 Å². The van der Waals surface area contributed by atoms with Crippen molar-refractivity contribution in [3.8, 4) is 0 Å². The Morgan fingerprint density at radius 1 is 1.14 bits per heavy atom. The zero-order chi connectivity index (χ0) is 15.7. The topological polar surface area (TPSA) is 86.7 Å². The SMILES string of the molecule is CC(=O)N[C@@H](CSCC(=O)N1CCCCCCC1)C(=O)O. The molecule has 0 aromatic rings. The van der Waals surface area contributed by atoms with Gasteiger partial charge in [-0.25, -0.2) is 4.79 Å². The van der Waals surface area contributed by atoms with Crippen LogP contribution < -0.4 is 5.32 Å². The second kappa shape index (κ2) is 9.65. The minimum Gasteiger partial charge on any atom is -0.480 e. The van der Waals surface area contributed by atoms with Gasteiger partial charge < -0.3 is 15.3 Å². The van der Waals surface area contributed by atoms with E-state index in [-0.39, 0.29) is 23.3 Å². The van der Waals surface area contributed by atoms with Crippen LogP contribution in [-0.4, -0.2) is 58.4 Å². The number of aliphatic carboxylic acids is 1. The summed E-state index contributed by atoms with van der Waals surface area (Å²) in [6.45, 7) is 2.88. The van der Waals surface area contributed by atoms with Crippen molar-refractivity contribution in [2.45, 2.75) is 45.1 Å². The number of thioether (sulfide) groups is 1. The lowest BCUT2D eigenvalue weighted by atomic mass is 10.1. The fourth-order valence-corrected chi connectivity index (χ4v) is 3.21. The van der Waals surface area contributed by atoms with E-state index < -0.39 is 12.0 Å². The summed E-state index contributed by atoms with van der Waals surface area (Å²) in [6, 6.07) is -0.937. The first-order valence-corrected chi connectivity index (χ1v) is 8.51. The van der Waals surface area contributed by atoms with Gasteiger partial charge >= 0.3 is 5.97 Å². The first-order valence-electron chi connectivity index (χ1n) is 7.36. The molecule has 6 nitrogen and oxygen atoms in total. The van der Waals surface area contributed by atoms with E-state index in [9.17, 15) is 14.4 Å². The number of carbonyl (C=O) groups is 3. The average Bonchev–Trinajstić information content (AvgIpc) is 2.36. The van der Waals surface area contributed by atoms with Crippen molar-refractivity contribution >= 4 is 29.5 Å². The van der Waals surface area contributed by atoms with Gasteiger partial charge in [0.25, 0.3) is 0 Å². The van der Waals surface area contributed by atoms with Crippen molar-refractivity contribution in [3.05, 3.63) is 0 Å². The Morgan fingerprint density at radius 2 is 1.71 bits per heavy atom. The van der Waals surface area contributed by atoms with Crippen LogP contribution in [0.4, 0.5) is 0 Å². The molecule has 0 radical (unpaired) electrons. The predicted octanol–water partition coefficient (Wildman–Crippen LogP) is 1.10. The van der Waals surface area contributed by atoms with Crippen LogP contribution in [0.2, 0.25) is 0 Å². The van der Waals surface area contributed by atoms with E-state index in [2.05, 4.69) is 5.32 Å². The fraction of sp³-hybridized carbons (Fsp3) is 0.786. The number of carboxylic acid groups (broad SMARTS) is 1. The van der Waals surface area contributed by atoms with E-state index in [0.29, 0.717) is 0 Å². The summed E-state index contributed by atoms with van der Waals surface area (Å²) in [4.78, 5) is 35.9. The van der Waals surface area contributed by atoms with Gasteiger partial charge in [0.15, 0.2) is 0 Å². The Morgan fingerprint density at radius 3 is 2.24 bits per heavy atom. The number of nitrogens with one attached hydrogen (secondary N) is 1. The van der Waals surface area contributed by atoms with Crippen LogP contribution >= 0.6 is 11.8 Å². The number of rotatable bonds is 6. The van der Waals surface area contributed by atoms with E-state index in [1.165, 1.54) is 37.9 Å². The Labute approximate surface area is 129 Å². The molecule has 2 amide bonds. The van der Waals surface area contributed by atoms with Crippen LogP contribution in [0.1, 0.15) is 39.0 Å². The fourth-order valence-electron chi connectivity index (χ4n) is 2.27. The monoisotopic (exact) mass is 316 g/mol. The molecule has 21 heavy (non-hydrogen) atoms. The van der Waals surface area contributed by atoms with Gasteiger partial charge in [0, 0.05) is 25.8 Å². The van der Waals surface area contributed by atoms with Crippen LogP contribution in [0.3, 0.4) is 0 Å². The molecule has 0 unspecified atom stereocenters. The maximum atomic E-state index is 12.1. The molecule has 1 atom stereocenters. The Balaban J connectivity index is 2.33. The normalized spacial score (nSPS) is 17.5. The molecule has 0 saturated carbocycles. The summed E-state index contributed by atoms with van der Waals surface area (Å²) < 4.78 is 0. The summed E-state index contributed by atoms with van der Waals surface area (Å²) in [7, 11) is 0. The number of likely N-dealkylation sites (tertiary alicyclic amines) is 1. The van der Waals surface area contributed by atoms with Crippen LogP contribution in [0.15, 0.2) is 0 Å². The third-order valence-electron chi connectivity index (χ3n) is 3.39. The summed E-state index contributed by atoms with van der Waals surface area (Å²) >= 11 is 1.26. The number of hydrogen-bond donors (Lipinski definition) is 2. The first kappa shape index (κ1) is 17.8. The van der Waals surface area contributed by atoms with Gasteiger partial charge in [0.2, 0.25) is 11.8 Å². The lowest BCUT2D eigenvalue weighted by molar-refractivity contribution is -0.140. The molecule has 1 rings (SSSR count). The molecule has 1 aliphatic heterocycles. The maximum absolute atomic E-state index is 12.1. The molecule has 2 N–H and O–H groups in total. The minimum atomic E-state index is -1.07. The summed E-state index contributed by atoms with van der Waals surface area (Å²) in [5.74, 6) is -0.916. The van der Waals surface area contributed by atoms with E-state index >= 15 is 0 Å². The summed E-state index contributed by atoms with van der Waals surface area (Å²) in [5.41, 5.74) is 0. The van der Waals surface area contributed by atoms with Gasteiger partial charge in [-0.05, 0) is 12.8 Å². The molecule has 1 fully saturated rings. The molecule has 0 aromatic heterocycles. The highest BCUT2D eigenvalue weighted by atomic mass is 32.2. The van der Waals surface area contributed by atoms with Crippen LogP contribution in [0.25, 0.3) is 0 Å². The number of carbonyl (C=O) groups excluding carboxylic acids is 2. The Kier molecular flexibility index (Phi) is 8.19. The van der Waals surface area contributed by atoms with E-state index in [1.54, 1.807) is 0 Å². The van der Waals surface area contributed by atoms with E-state index in [4.69, 9.17) is 5.11 Å². The van der Waals surface area contributed by atoms with Crippen molar-refractivity contribution in [1.29, 1.82) is 0 Å². The van der Waals surface area contributed by atoms with Crippen LogP contribution in [0, 0.1) is 0 Å². The highest BCUT2D eigenvalue weighted by Crippen LogP contribution is 2.12. The quantitative estimate of drug-likeness (QED) is 0.766. The second-order valence-electron chi connectivity index (χ2n) is 5.26. The van der Waals surface area contributed by atoms with Gasteiger partial charge in [-0.2, -0.15) is 0 Å². The molecule has 0 bridgehead atoms. The largest absolute Gasteiger partial charge is 0.480 e. The Bertz CT molecular complexity index is 368. The number of amides is 2. The third kappa shape index (κ3) is 7.36. The van der Waals surface area contributed by atoms with E-state index in [0.717, 1.165) is 25.9 Å². The predicted molar refractivity (Wildman–Crippen MR) is 82.2 cm³/mol. The lowest BCUT2D eigenvalue weighted by Gasteiger charge is -2.25. The lowest BCUT2D eigenvalue weighted by Crippen LogP contribution is -2.42. The van der Waals surface area contributed by atoms with Crippen LogP contribution in [-0.2, 0) is 14.4 Å². The molecule has 1 heterocycles. The first-order chi connectivity index (χ1) is 10.0. The van der Waals surface area contributed by atoms with Gasteiger partial charge in [-0.1, -0.05) is 19.3 Å². The third-order valence-corrected chi connectivity index (χ3v) is 4.41. The molecular weight excluding hydrogens is 292 g/mol. The van der Waals surface area contributed by atoms with Crippen molar-refractivity contribution in [3.63, 3.8) is 0 Å². The maximum Gasteiger partial charge on any atom is 0.327 e. The van der Waals surface area contributed by atoms with Gasteiger partial charge in [0.1, 0.15) is 6.04 Å². The highest BCUT2D eigenvalue weighted by Gasteiger charge is 2.20. The summed E-state index contributed by atoms with van der Waals surface area (Å²) in [5, 5.41) is 11.3. The van der Waals surface area contributed by atoms with Crippen molar-refractivity contribution in [2.24, 2.45) is 0 Å². The van der Waals surface area contributed by atoms with Gasteiger partial charge in [0.05, 0.1) is 5.75 Å². The zero-order valence-corrected chi connectivity index (χ0v) is 13.3. The van der Waals surface area contributed by atoms with Gasteiger partial charge in [-0.15, -0.1) is 11.8 Å². The molecule has 0 spiro atoms.